The summed E-state index contributed by atoms with van der Waals surface area (Å²) < 4.78 is 68.1. The highest BCUT2D eigenvalue weighted by atomic mass is 32.3. The molecule has 0 spiro atoms. The number of fused-ring (bicyclic) bond motifs is 1. The van der Waals surface area contributed by atoms with Gasteiger partial charge in [-0.1, -0.05) is 57.4 Å². The molecule has 1 aliphatic carbocycles. The molecule has 3 aliphatic rings. The second-order valence-electron chi connectivity index (χ2n) is 13.4. The molecule has 3 rings (SSSR count). The van der Waals surface area contributed by atoms with Gasteiger partial charge in [-0.25, -0.2) is 8.37 Å². The van der Waals surface area contributed by atoms with Gasteiger partial charge < -0.3 is 10.2 Å². The maximum atomic E-state index is 12.9. The second kappa shape index (κ2) is 22.1. The maximum Gasteiger partial charge on any atom is 0.397 e. The summed E-state index contributed by atoms with van der Waals surface area (Å²) >= 11 is 0. The molecule has 2 heterocycles. The van der Waals surface area contributed by atoms with Gasteiger partial charge in [0.15, 0.2) is 0 Å². The number of aliphatic carboxylic acids is 2. The predicted molar refractivity (Wildman–Crippen MR) is 190 cm³/mol. The molecule has 0 bridgehead atoms. The Hall–Kier alpha value is -3.56. The van der Waals surface area contributed by atoms with Crippen molar-refractivity contribution in [2.75, 3.05) is 26.3 Å². The first kappa shape index (κ1) is 46.6. The number of allylic oxidation sites excluding steroid dienone is 4. The number of hydrogen-bond acceptors (Lipinski definition) is 12. The summed E-state index contributed by atoms with van der Waals surface area (Å²) in [4.78, 5) is 73.8. The minimum Gasteiger partial charge on any atom is -0.481 e. The Labute approximate surface area is 315 Å². The molecule has 2 saturated heterocycles. The number of nitrogens with zero attached hydrogens (tertiary/aromatic N) is 2. The molecule has 2 fully saturated rings. The van der Waals surface area contributed by atoms with Crippen LogP contribution in [-0.2, 0) is 57.9 Å². The Morgan fingerprint density at radius 3 is 1.80 bits per heavy atom. The van der Waals surface area contributed by atoms with Gasteiger partial charge in [-0.05, 0) is 56.3 Å². The SMILES string of the molecule is CCCC/C=C\C(CCCC(=O)O)C1CC(=O)N(CCOS(=O)(=O)O)C1=O.CCCC1C=CC(CCCC(=O)O)C2C(=O)N(CCOS(=O)(=O)O)C(=O)C12. The zero-order chi connectivity index (χ0) is 40.6. The molecule has 0 radical (unpaired) electrons. The van der Waals surface area contributed by atoms with Gasteiger partial charge >= 0.3 is 32.7 Å². The van der Waals surface area contributed by atoms with E-state index in [1.165, 1.54) is 0 Å². The average molecular weight is 809 g/mol. The number of rotatable bonds is 23. The summed E-state index contributed by atoms with van der Waals surface area (Å²) in [6.45, 7) is 2.50. The number of hydrogen-bond donors (Lipinski definition) is 4. The van der Waals surface area contributed by atoms with Crippen LogP contribution in [0.2, 0.25) is 0 Å². The molecule has 0 aromatic rings. The summed E-state index contributed by atoms with van der Waals surface area (Å²) in [5.74, 6) is -5.72. The monoisotopic (exact) mass is 808 g/mol. The molecular weight excluding hydrogens is 757 g/mol. The summed E-state index contributed by atoms with van der Waals surface area (Å²) in [7, 11) is -9.28. The predicted octanol–water partition coefficient (Wildman–Crippen LogP) is 3.06. The van der Waals surface area contributed by atoms with Gasteiger partial charge in [-0.2, -0.15) is 16.8 Å². The lowest BCUT2D eigenvalue weighted by atomic mass is 9.69. The zero-order valence-corrected chi connectivity index (χ0v) is 32.1. The molecule has 6 atom stereocenters. The fourth-order valence-electron chi connectivity index (χ4n) is 7.05. The van der Waals surface area contributed by atoms with Gasteiger partial charge in [0, 0.05) is 19.3 Å². The molecule has 54 heavy (non-hydrogen) atoms. The van der Waals surface area contributed by atoms with Gasteiger partial charge in [0.2, 0.25) is 23.6 Å². The first-order valence-electron chi connectivity index (χ1n) is 18.0. The van der Waals surface area contributed by atoms with E-state index in [0.717, 1.165) is 41.9 Å². The lowest BCUT2D eigenvalue weighted by molar-refractivity contribution is -0.142. The fraction of sp³-hybridized carbons (Fsp3) is 0.706. The van der Waals surface area contributed by atoms with Crippen LogP contribution in [-0.4, -0.2) is 108 Å². The van der Waals surface area contributed by atoms with Crippen LogP contribution in [0.15, 0.2) is 24.3 Å². The van der Waals surface area contributed by atoms with Crippen LogP contribution >= 0.6 is 0 Å². The van der Waals surface area contributed by atoms with Crippen molar-refractivity contribution in [2.45, 2.75) is 90.9 Å². The Bertz CT molecular complexity index is 1590. The highest BCUT2D eigenvalue weighted by Gasteiger charge is 2.53. The number of amides is 4. The number of carboxylic acids is 2. The molecule has 18 nitrogen and oxygen atoms in total. The van der Waals surface area contributed by atoms with Crippen LogP contribution in [0, 0.1) is 35.5 Å². The molecular formula is C34H52N2O16S2. The average Bonchev–Trinajstić information content (AvgIpc) is 3.49. The van der Waals surface area contributed by atoms with E-state index in [1.807, 2.05) is 31.2 Å². The highest BCUT2D eigenvalue weighted by Crippen LogP contribution is 2.44. The number of imide groups is 2. The van der Waals surface area contributed by atoms with Crippen molar-refractivity contribution < 1.29 is 73.3 Å². The van der Waals surface area contributed by atoms with Crippen molar-refractivity contribution in [1.82, 2.24) is 9.80 Å². The van der Waals surface area contributed by atoms with Crippen molar-refractivity contribution in [2.24, 2.45) is 35.5 Å². The van der Waals surface area contributed by atoms with E-state index in [2.05, 4.69) is 15.3 Å². The quantitative estimate of drug-likeness (QED) is 0.0500. The van der Waals surface area contributed by atoms with E-state index in [1.54, 1.807) is 0 Å². The van der Waals surface area contributed by atoms with E-state index in [4.69, 9.17) is 19.3 Å². The van der Waals surface area contributed by atoms with E-state index < -0.39 is 81.4 Å². The van der Waals surface area contributed by atoms with Crippen molar-refractivity contribution in [1.29, 1.82) is 0 Å². The summed E-state index contributed by atoms with van der Waals surface area (Å²) in [6, 6.07) is 0. The van der Waals surface area contributed by atoms with E-state index in [0.29, 0.717) is 25.7 Å². The molecule has 0 aromatic heterocycles. The van der Waals surface area contributed by atoms with Crippen molar-refractivity contribution in [3.8, 4) is 0 Å². The van der Waals surface area contributed by atoms with Crippen LogP contribution in [0.3, 0.4) is 0 Å². The zero-order valence-electron chi connectivity index (χ0n) is 30.5. The van der Waals surface area contributed by atoms with E-state index in [-0.39, 0.29) is 56.0 Å². The van der Waals surface area contributed by atoms with E-state index in [9.17, 15) is 45.6 Å². The summed E-state index contributed by atoms with van der Waals surface area (Å²) in [5, 5.41) is 17.6. The summed E-state index contributed by atoms with van der Waals surface area (Å²) in [6.07, 6.45) is 13.8. The minimum absolute atomic E-state index is 0.00579. The standard InChI is InChI=1S/C17H25NO8S.C17H27NO8S/c1-2-4-11-7-8-12(5-3-6-13(19)20)15-14(11)16(21)18(17(15)22)9-10-26-27(23,24)25;1-2-3-4-5-7-13(8-6-9-16(20)21)14-12-15(19)18(17(14)22)10-11-26-27(23,24)25/h7-8,11-12,14-15H,2-6,9-10H2,1H3,(H,19,20)(H,23,24,25);5,7,13-14H,2-4,6,8-12H2,1H3,(H,20,21)(H,23,24,25)/b;7-5-. The number of carbonyl (C=O) groups excluding carboxylic acids is 4. The normalized spacial score (nSPS) is 23.5. The van der Waals surface area contributed by atoms with Gasteiger partial charge in [0.05, 0.1) is 44.1 Å². The number of unbranched alkanes of at least 4 members (excludes halogenated alkanes) is 2. The van der Waals surface area contributed by atoms with Crippen LogP contribution in [0.25, 0.3) is 0 Å². The molecule has 0 saturated carbocycles. The second-order valence-corrected chi connectivity index (χ2v) is 15.6. The molecule has 6 unspecified atom stereocenters. The highest BCUT2D eigenvalue weighted by molar-refractivity contribution is 7.81. The Morgan fingerprint density at radius 2 is 1.30 bits per heavy atom. The van der Waals surface area contributed by atoms with Gasteiger partial charge in [0.1, 0.15) is 0 Å². The molecule has 0 aromatic carbocycles. The van der Waals surface area contributed by atoms with Gasteiger partial charge in [-0.15, -0.1) is 0 Å². The van der Waals surface area contributed by atoms with Gasteiger partial charge in [-0.3, -0.25) is 47.7 Å². The minimum atomic E-state index is -4.64. The third-order valence-corrected chi connectivity index (χ3v) is 10.4. The molecule has 4 N–H and O–H groups in total. The Balaban J connectivity index is 0.000000373. The third-order valence-electron chi connectivity index (χ3n) is 9.49. The fourth-order valence-corrected chi connectivity index (χ4v) is 7.62. The Morgan fingerprint density at radius 1 is 0.778 bits per heavy atom. The largest absolute Gasteiger partial charge is 0.481 e. The van der Waals surface area contributed by atoms with Crippen molar-refractivity contribution in [3.05, 3.63) is 24.3 Å². The maximum absolute atomic E-state index is 12.9. The third kappa shape index (κ3) is 15.3. The van der Waals surface area contributed by atoms with E-state index >= 15 is 0 Å². The number of carboxylic acid groups (broad SMARTS) is 2. The lowest BCUT2D eigenvalue weighted by Gasteiger charge is -2.32. The topological polar surface area (TPSA) is 277 Å². The first-order valence-corrected chi connectivity index (χ1v) is 20.8. The van der Waals surface area contributed by atoms with Gasteiger partial charge in [0.25, 0.3) is 0 Å². The Kier molecular flexibility index (Phi) is 19.1. The molecule has 2 aliphatic heterocycles. The number of likely N-dealkylation sites (tertiary alicyclic amines) is 2. The smallest absolute Gasteiger partial charge is 0.397 e. The van der Waals surface area contributed by atoms with Crippen LogP contribution in [0.1, 0.15) is 90.9 Å². The first-order chi connectivity index (χ1) is 25.3. The molecule has 306 valence electrons. The lowest BCUT2D eigenvalue weighted by Crippen LogP contribution is -2.35. The van der Waals surface area contributed by atoms with Crippen LogP contribution in [0.5, 0.6) is 0 Å². The summed E-state index contributed by atoms with van der Waals surface area (Å²) in [5.41, 5.74) is 0. The van der Waals surface area contributed by atoms with Crippen molar-refractivity contribution in [3.63, 3.8) is 0 Å². The molecule has 20 heteroatoms. The van der Waals surface area contributed by atoms with Crippen LogP contribution in [0.4, 0.5) is 0 Å². The number of carbonyl (C=O) groups is 6. The van der Waals surface area contributed by atoms with Crippen LogP contribution < -0.4 is 0 Å². The van der Waals surface area contributed by atoms with Crippen molar-refractivity contribution >= 4 is 56.4 Å². The molecule has 4 amide bonds.